The highest BCUT2D eigenvalue weighted by Crippen LogP contribution is 2.32. The Bertz CT molecular complexity index is 737. The molecule has 5 nitrogen and oxygen atoms in total. The molecule has 0 aliphatic carbocycles. The van der Waals surface area contributed by atoms with Crippen molar-refractivity contribution in [3.05, 3.63) is 35.9 Å². The van der Waals surface area contributed by atoms with Crippen molar-refractivity contribution in [2.45, 2.75) is 6.42 Å². The third-order valence-corrected chi connectivity index (χ3v) is 3.69. The van der Waals surface area contributed by atoms with Crippen LogP contribution >= 0.6 is 0 Å². The summed E-state index contributed by atoms with van der Waals surface area (Å²) in [5.74, 6) is 1.34. The molecule has 0 spiro atoms. The molecule has 0 amide bonds. The van der Waals surface area contributed by atoms with E-state index in [1.165, 1.54) is 0 Å². The lowest BCUT2D eigenvalue weighted by Gasteiger charge is -2.10. The van der Waals surface area contributed by atoms with Gasteiger partial charge in [-0.2, -0.15) is 8.42 Å². The predicted octanol–water partition coefficient (Wildman–Crippen LogP) is 2.38. The van der Waals surface area contributed by atoms with Gasteiger partial charge in [0, 0.05) is 0 Å². The van der Waals surface area contributed by atoms with Crippen molar-refractivity contribution in [2.75, 3.05) is 27.1 Å². The van der Waals surface area contributed by atoms with Crippen molar-refractivity contribution in [1.82, 2.24) is 0 Å². The van der Waals surface area contributed by atoms with Gasteiger partial charge in [-0.1, -0.05) is 18.2 Å². The monoisotopic (exact) mass is 310 g/mol. The zero-order chi connectivity index (χ0) is 15.5. The highest BCUT2D eigenvalue weighted by molar-refractivity contribution is 7.85. The molecule has 0 radical (unpaired) electrons. The molecule has 0 heterocycles. The normalized spacial score (nSPS) is 11.6. The Hall–Kier alpha value is -1.79. The smallest absolute Gasteiger partial charge is 0.264 e. The molecule has 0 fully saturated rings. The number of fused-ring (bicyclic) bond motifs is 1. The summed E-state index contributed by atoms with van der Waals surface area (Å²) in [7, 11) is -0.204. The van der Waals surface area contributed by atoms with Crippen LogP contribution in [-0.4, -0.2) is 35.5 Å². The van der Waals surface area contributed by atoms with Crippen molar-refractivity contribution in [2.24, 2.45) is 0 Å². The Labute approximate surface area is 124 Å². The number of rotatable bonds is 6. The summed E-state index contributed by atoms with van der Waals surface area (Å²) in [6, 6.07) is 9.70. The van der Waals surface area contributed by atoms with Crippen LogP contribution in [0.2, 0.25) is 0 Å². The number of benzene rings is 2. The molecule has 0 atom stereocenters. The molecule has 0 aliphatic heterocycles. The van der Waals surface area contributed by atoms with Gasteiger partial charge < -0.3 is 9.47 Å². The zero-order valence-electron chi connectivity index (χ0n) is 12.3. The van der Waals surface area contributed by atoms with Crippen LogP contribution in [0.1, 0.15) is 5.56 Å². The van der Waals surface area contributed by atoms with Crippen molar-refractivity contribution in [3.8, 4) is 11.5 Å². The lowest BCUT2D eigenvalue weighted by atomic mass is 10.0. The van der Waals surface area contributed by atoms with Crippen LogP contribution in [0.4, 0.5) is 0 Å². The third-order valence-electron chi connectivity index (χ3n) is 3.10. The van der Waals surface area contributed by atoms with E-state index in [9.17, 15) is 8.42 Å². The topological polar surface area (TPSA) is 61.8 Å². The van der Waals surface area contributed by atoms with Crippen LogP contribution in [0.25, 0.3) is 10.8 Å². The quantitative estimate of drug-likeness (QED) is 0.767. The van der Waals surface area contributed by atoms with E-state index in [1.807, 2.05) is 30.3 Å². The van der Waals surface area contributed by atoms with Crippen LogP contribution < -0.4 is 9.47 Å². The van der Waals surface area contributed by atoms with Gasteiger partial charge in [0.2, 0.25) is 0 Å². The van der Waals surface area contributed by atoms with Gasteiger partial charge in [0.1, 0.15) is 0 Å². The van der Waals surface area contributed by atoms with Crippen molar-refractivity contribution in [1.29, 1.82) is 0 Å². The molecule has 0 aromatic heterocycles. The molecule has 0 N–H and O–H groups in total. The largest absolute Gasteiger partial charge is 0.493 e. The number of methoxy groups -OCH3 is 2. The van der Waals surface area contributed by atoms with E-state index in [4.69, 9.17) is 13.7 Å². The second-order valence-electron chi connectivity index (χ2n) is 4.66. The Balaban J connectivity index is 2.24. The van der Waals surface area contributed by atoms with Gasteiger partial charge >= 0.3 is 0 Å². The lowest BCUT2D eigenvalue weighted by molar-refractivity contribution is 0.326. The SMILES string of the molecule is COc1cc2ccc(CCOS(C)(=O)=O)cc2cc1OC. The molecule has 2 aromatic rings. The minimum absolute atomic E-state index is 0.137. The standard InChI is InChI=1S/C15H18O5S/c1-18-14-9-12-5-4-11(6-7-20-21(3,16)17)8-13(12)10-15(14)19-2/h4-5,8-10H,6-7H2,1-3H3. The van der Waals surface area contributed by atoms with Crippen molar-refractivity contribution in [3.63, 3.8) is 0 Å². The Morgan fingerprint density at radius 2 is 1.57 bits per heavy atom. The molecule has 0 bridgehead atoms. The molecule has 0 saturated carbocycles. The lowest BCUT2D eigenvalue weighted by Crippen LogP contribution is -2.06. The minimum atomic E-state index is -3.39. The van der Waals surface area contributed by atoms with E-state index in [2.05, 4.69) is 0 Å². The zero-order valence-corrected chi connectivity index (χ0v) is 13.1. The van der Waals surface area contributed by atoms with Gasteiger partial charge in [0.05, 0.1) is 27.1 Å². The van der Waals surface area contributed by atoms with Gasteiger partial charge in [-0.05, 0) is 34.9 Å². The highest BCUT2D eigenvalue weighted by Gasteiger charge is 2.07. The summed E-state index contributed by atoms with van der Waals surface area (Å²) in [6.45, 7) is 0.137. The van der Waals surface area contributed by atoms with Crippen LogP contribution in [0.5, 0.6) is 11.5 Å². The highest BCUT2D eigenvalue weighted by atomic mass is 32.2. The minimum Gasteiger partial charge on any atom is -0.493 e. The van der Waals surface area contributed by atoms with E-state index in [1.54, 1.807) is 14.2 Å². The Morgan fingerprint density at radius 1 is 0.952 bits per heavy atom. The van der Waals surface area contributed by atoms with Gasteiger partial charge in [0.15, 0.2) is 11.5 Å². The summed E-state index contributed by atoms with van der Waals surface area (Å²) in [6.07, 6.45) is 1.57. The molecule has 2 aromatic carbocycles. The fraction of sp³-hybridized carbons (Fsp3) is 0.333. The molecule has 0 aliphatic rings. The van der Waals surface area contributed by atoms with Gasteiger partial charge in [-0.3, -0.25) is 4.18 Å². The average molecular weight is 310 g/mol. The first-order valence-electron chi connectivity index (χ1n) is 6.42. The first-order valence-corrected chi connectivity index (χ1v) is 8.23. The molecule has 114 valence electrons. The summed E-state index contributed by atoms with van der Waals surface area (Å²) in [5, 5.41) is 2.03. The second kappa shape index (κ2) is 6.32. The maximum atomic E-state index is 10.9. The molecular formula is C15H18O5S. The number of hydrogen-bond acceptors (Lipinski definition) is 5. The van der Waals surface area contributed by atoms with Crippen LogP contribution in [0.15, 0.2) is 30.3 Å². The predicted molar refractivity (Wildman–Crippen MR) is 81.6 cm³/mol. The summed E-state index contributed by atoms with van der Waals surface area (Å²) in [4.78, 5) is 0. The van der Waals surface area contributed by atoms with E-state index >= 15 is 0 Å². The Morgan fingerprint density at radius 3 is 2.14 bits per heavy atom. The number of ether oxygens (including phenoxy) is 2. The van der Waals surface area contributed by atoms with E-state index < -0.39 is 10.1 Å². The first kappa shape index (κ1) is 15.6. The number of hydrogen-bond donors (Lipinski definition) is 0. The summed E-state index contributed by atoms with van der Waals surface area (Å²) >= 11 is 0. The van der Waals surface area contributed by atoms with E-state index in [0.717, 1.165) is 22.6 Å². The van der Waals surface area contributed by atoms with E-state index in [0.29, 0.717) is 17.9 Å². The van der Waals surface area contributed by atoms with Gasteiger partial charge in [0.25, 0.3) is 10.1 Å². The molecule has 0 unspecified atom stereocenters. The van der Waals surface area contributed by atoms with E-state index in [-0.39, 0.29) is 6.61 Å². The molecule has 21 heavy (non-hydrogen) atoms. The molecule has 2 rings (SSSR count). The maximum absolute atomic E-state index is 10.9. The first-order chi connectivity index (χ1) is 9.93. The molecule has 0 saturated heterocycles. The van der Waals surface area contributed by atoms with Crippen LogP contribution in [-0.2, 0) is 20.7 Å². The summed E-state index contributed by atoms with van der Waals surface area (Å²) in [5.41, 5.74) is 0.998. The Kier molecular flexibility index (Phi) is 4.69. The van der Waals surface area contributed by atoms with Crippen LogP contribution in [0, 0.1) is 0 Å². The third kappa shape index (κ3) is 4.09. The summed E-state index contributed by atoms with van der Waals surface area (Å²) < 4.78 is 37.2. The second-order valence-corrected chi connectivity index (χ2v) is 6.31. The van der Waals surface area contributed by atoms with Crippen molar-refractivity contribution < 1.29 is 22.1 Å². The van der Waals surface area contributed by atoms with Gasteiger partial charge in [-0.25, -0.2) is 0 Å². The van der Waals surface area contributed by atoms with Gasteiger partial charge in [-0.15, -0.1) is 0 Å². The van der Waals surface area contributed by atoms with Crippen molar-refractivity contribution >= 4 is 20.9 Å². The fourth-order valence-electron chi connectivity index (χ4n) is 2.09. The van der Waals surface area contributed by atoms with Crippen LogP contribution in [0.3, 0.4) is 0 Å². The average Bonchev–Trinajstić information content (AvgIpc) is 2.44. The molecule has 6 heteroatoms. The fourth-order valence-corrected chi connectivity index (χ4v) is 2.48. The molecular weight excluding hydrogens is 292 g/mol. The maximum Gasteiger partial charge on any atom is 0.264 e.